The van der Waals surface area contributed by atoms with Gasteiger partial charge < -0.3 is 14.8 Å². The fraction of sp³-hybridized carbons (Fsp3) is 0.556. The van der Waals surface area contributed by atoms with Crippen LogP contribution >= 0.6 is 0 Å². The van der Waals surface area contributed by atoms with Gasteiger partial charge in [-0.3, -0.25) is 0 Å². The summed E-state index contributed by atoms with van der Waals surface area (Å²) in [7, 11) is -0.605. The number of hydrogen-bond acceptors (Lipinski definition) is 5. The number of aliphatic hydroxyl groups excluding tert-OH is 1. The normalized spacial score (nSPS) is 12.2. The van der Waals surface area contributed by atoms with Gasteiger partial charge in [0.05, 0.1) is 13.2 Å². The van der Waals surface area contributed by atoms with Crippen LogP contribution in [0.1, 0.15) is 5.76 Å². The third-order valence-corrected chi connectivity index (χ3v) is 3.65. The third kappa shape index (κ3) is 3.05. The standard InChI is InChI=1S/C9H16N2O4S/c1-11(2)16(13,14)9-4-3-8(15-9)7-10-5-6-12/h3-4,10,12H,5-7H2,1-2H3. The molecule has 2 N–H and O–H groups in total. The molecule has 0 aromatic carbocycles. The van der Waals surface area contributed by atoms with Crippen LogP contribution in [0.4, 0.5) is 0 Å². The predicted octanol–water partition coefficient (Wildman–Crippen LogP) is -0.388. The van der Waals surface area contributed by atoms with Gasteiger partial charge in [-0.15, -0.1) is 0 Å². The van der Waals surface area contributed by atoms with Crippen molar-refractivity contribution in [2.75, 3.05) is 27.2 Å². The van der Waals surface area contributed by atoms with E-state index >= 15 is 0 Å². The summed E-state index contributed by atoms with van der Waals surface area (Å²) in [5.74, 6) is 0.522. The van der Waals surface area contributed by atoms with E-state index in [0.717, 1.165) is 4.31 Å². The van der Waals surface area contributed by atoms with Crippen molar-refractivity contribution in [3.8, 4) is 0 Å². The number of aliphatic hydroxyl groups is 1. The van der Waals surface area contributed by atoms with E-state index in [4.69, 9.17) is 9.52 Å². The monoisotopic (exact) mass is 248 g/mol. The molecule has 16 heavy (non-hydrogen) atoms. The minimum Gasteiger partial charge on any atom is -0.447 e. The molecule has 0 aliphatic carbocycles. The Morgan fingerprint density at radius 2 is 2.12 bits per heavy atom. The molecule has 0 aliphatic heterocycles. The van der Waals surface area contributed by atoms with Gasteiger partial charge in [0.1, 0.15) is 5.76 Å². The molecular weight excluding hydrogens is 232 g/mol. The van der Waals surface area contributed by atoms with Crippen LogP contribution < -0.4 is 5.32 Å². The van der Waals surface area contributed by atoms with Gasteiger partial charge in [0.2, 0.25) is 5.09 Å². The second kappa shape index (κ2) is 5.44. The Morgan fingerprint density at radius 3 is 2.69 bits per heavy atom. The van der Waals surface area contributed by atoms with Crippen molar-refractivity contribution >= 4 is 10.0 Å². The summed E-state index contributed by atoms with van der Waals surface area (Å²) in [4.78, 5) is 0. The topological polar surface area (TPSA) is 82.8 Å². The van der Waals surface area contributed by atoms with Gasteiger partial charge in [-0.05, 0) is 12.1 Å². The SMILES string of the molecule is CN(C)S(=O)(=O)c1ccc(CNCCO)o1. The average Bonchev–Trinajstić information content (AvgIpc) is 2.67. The molecule has 1 rings (SSSR count). The highest BCUT2D eigenvalue weighted by molar-refractivity contribution is 7.88. The van der Waals surface area contributed by atoms with Gasteiger partial charge in [-0.25, -0.2) is 12.7 Å². The zero-order valence-corrected chi connectivity index (χ0v) is 10.1. The lowest BCUT2D eigenvalue weighted by Gasteiger charge is -2.07. The summed E-state index contributed by atoms with van der Waals surface area (Å²) in [5, 5.41) is 11.4. The Kier molecular flexibility index (Phi) is 4.48. The second-order valence-electron chi connectivity index (χ2n) is 3.41. The molecule has 0 atom stereocenters. The van der Waals surface area contributed by atoms with Crippen LogP contribution in [0.3, 0.4) is 0 Å². The van der Waals surface area contributed by atoms with Crippen molar-refractivity contribution in [3.63, 3.8) is 0 Å². The van der Waals surface area contributed by atoms with Crippen molar-refractivity contribution < 1.29 is 17.9 Å². The van der Waals surface area contributed by atoms with Crippen molar-refractivity contribution in [1.82, 2.24) is 9.62 Å². The molecule has 0 saturated heterocycles. The lowest BCUT2D eigenvalue weighted by molar-refractivity contribution is 0.288. The van der Waals surface area contributed by atoms with Crippen molar-refractivity contribution in [3.05, 3.63) is 17.9 Å². The highest BCUT2D eigenvalue weighted by Crippen LogP contribution is 2.16. The Bertz CT molecular complexity index is 424. The van der Waals surface area contributed by atoms with Crippen LogP contribution in [0.25, 0.3) is 0 Å². The van der Waals surface area contributed by atoms with Gasteiger partial charge in [-0.2, -0.15) is 0 Å². The van der Waals surface area contributed by atoms with Crippen molar-refractivity contribution in [2.24, 2.45) is 0 Å². The molecule has 1 aromatic heterocycles. The Morgan fingerprint density at radius 1 is 1.44 bits per heavy atom. The van der Waals surface area contributed by atoms with Crippen LogP contribution in [0.5, 0.6) is 0 Å². The molecule has 0 fully saturated rings. The summed E-state index contributed by atoms with van der Waals surface area (Å²) < 4.78 is 29.6. The summed E-state index contributed by atoms with van der Waals surface area (Å²) in [6, 6.07) is 3.02. The van der Waals surface area contributed by atoms with Crippen molar-refractivity contribution in [1.29, 1.82) is 0 Å². The molecule has 1 heterocycles. The average molecular weight is 248 g/mol. The third-order valence-electron chi connectivity index (χ3n) is 1.96. The van der Waals surface area contributed by atoms with Crippen molar-refractivity contribution in [2.45, 2.75) is 11.6 Å². The number of rotatable bonds is 6. The molecule has 0 spiro atoms. The summed E-state index contributed by atoms with van der Waals surface area (Å²) >= 11 is 0. The molecule has 0 saturated carbocycles. The highest BCUT2D eigenvalue weighted by Gasteiger charge is 2.21. The van der Waals surface area contributed by atoms with E-state index in [0.29, 0.717) is 18.8 Å². The smallest absolute Gasteiger partial charge is 0.275 e. The number of nitrogens with one attached hydrogen (secondary N) is 1. The molecular formula is C9H16N2O4S. The lowest BCUT2D eigenvalue weighted by atomic mass is 10.4. The molecule has 0 amide bonds. The van der Waals surface area contributed by atoms with E-state index in [2.05, 4.69) is 5.32 Å². The molecule has 0 bridgehead atoms. The van der Waals surface area contributed by atoms with Crippen LogP contribution in [0, 0.1) is 0 Å². The van der Waals surface area contributed by atoms with Gasteiger partial charge in [0, 0.05) is 20.6 Å². The molecule has 7 heteroatoms. The van der Waals surface area contributed by atoms with E-state index in [1.807, 2.05) is 0 Å². The van der Waals surface area contributed by atoms with Crippen LogP contribution in [0.15, 0.2) is 21.6 Å². The number of furan rings is 1. The molecule has 1 aromatic rings. The first kappa shape index (κ1) is 13.2. The van der Waals surface area contributed by atoms with E-state index < -0.39 is 10.0 Å². The predicted molar refractivity (Wildman–Crippen MR) is 58.4 cm³/mol. The fourth-order valence-corrected chi connectivity index (χ4v) is 1.87. The maximum atomic E-state index is 11.6. The molecule has 0 aliphatic rings. The Balaban J connectivity index is 2.72. The van der Waals surface area contributed by atoms with Crippen LogP contribution in [0.2, 0.25) is 0 Å². The first-order chi connectivity index (χ1) is 7.48. The second-order valence-corrected chi connectivity index (χ2v) is 5.49. The van der Waals surface area contributed by atoms with Crippen LogP contribution in [-0.4, -0.2) is 45.1 Å². The molecule has 92 valence electrons. The maximum absolute atomic E-state index is 11.6. The van der Waals surface area contributed by atoms with Gasteiger partial charge >= 0.3 is 0 Å². The highest BCUT2D eigenvalue weighted by atomic mass is 32.2. The molecule has 0 radical (unpaired) electrons. The quantitative estimate of drug-likeness (QED) is 0.670. The largest absolute Gasteiger partial charge is 0.447 e. The Hall–Kier alpha value is -0.890. The molecule has 6 nitrogen and oxygen atoms in total. The zero-order valence-electron chi connectivity index (χ0n) is 9.30. The number of hydrogen-bond donors (Lipinski definition) is 2. The zero-order chi connectivity index (χ0) is 12.2. The number of sulfonamides is 1. The summed E-state index contributed by atoms with van der Waals surface area (Å²) in [6.45, 7) is 0.865. The lowest BCUT2D eigenvalue weighted by Crippen LogP contribution is -2.21. The van der Waals surface area contributed by atoms with Gasteiger partial charge in [0.25, 0.3) is 10.0 Å². The van der Waals surface area contributed by atoms with E-state index in [9.17, 15) is 8.42 Å². The summed E-state index contributed by atoms with van der Waals surface area (Å²) in [6.07, 6.45) is 0. The van der Waals surface area contributed by atoms with Gasteiger partial charge in [0.15, 0.2) is 0 Å². The van der Waals surface area contributed by atoms with E-state index in [-0.39, 0.29) is 11.7 Å². The molecule has 0 unspecified atom stereocenters. The summed E-state index contributed by atoms with van der Waals surface area (Å²) in [5.41, 5.74) is 0. The minimum atomic E-state index is -3.50. The minimum absolute atomic E-state index is 0.0313. The Labute approximate surface area is 94.9 Å². The first-order valence-corrected chi connectivity index (χ1v) is 6.25. The first-order valence-electron chi connectivity index (χ1n) is 4.81. The fourth-order valence-electron chi connectivity index (χ4n) is 1.06. The van der Waals surface area contributed by atoms with E-state index in [1.54, 1.807) is 6.07 Å². The van der Waals surface area contributed by atoms with E-state index in [1.165, 1.54) is 20.2 Å². The maximum Gasteiger partial charge on any atom is 0.275 e. The van der Waals surface area contributed by atoms with Crippen LogP contribution in [-0.2, 0) is 16.6 Å². The van der Waals surface area contributed by atoms with Gasteiger partial charge in [-0.1, -0.05) is 0 Å². The number of nitrogens with zero attached hydrogens (tertiary/aromatic N) is 1.